The van der Waals surface area contributed by atoms with Crippen molar-refractivity contribution in [3.63, 3.8) is 0 Å². The van der Waals surface area contributed by atoms with E-state index in [1.165, 1.54) is 0 Å². The van der Waals surface area contributed by atoms with Crippen molar-refractivity contribution in [3.8, 4) is 5.75 Å². The van der Waals surface area contributed by atoms with Gasteiger partial charge in [-0.2, -0.15) is 0 Å². The molecule has 21 heavy (non-hydrogen) atoms. The van der Waals surface area contributed by atoms with Crippen molar-refractivity contribution in [2.45, 2.75) is 26.9 Å². The largest absolute Gasteiger partial charge is 0.486 e. The average Bonchev–Trinajstić information content (AvgIpc) is 2.86. The summed E-state index contributed by atoms with van der Waals surface area (Å²) in [5.41, 5.74) is 3.50. The first kappa shape index (κ1) is 15.4. The van der Waals surface area contributed by atoms with Crippen LogP contribution < -0.4 is 16.0 Å². The van der Waals surface area contributed by atoms with Crippen molar-refractivity contribution in [3.05, 3.63) is 51.9 Å². The quantitative estimate of drug-likeness (QED) is 0.506. The Labute approximate surface area is 128 Å². The molecule has 0 spiro atoms. The zero-order chi connectivity index (χ0) is 15.4. The van der Waals surface area contributed by atoms with Crippen LogP contribution in [-0.2, 0) is 13.0 Å². The number of nitrogen functional groups attached to an aromatic ring is 1. The van der Waals surface area contributed by atoms with Gasteiger partial charge in [-0.15, -0.1) is 0 Å². The van der Waals surface area contributed by atoms with Gasteiger partial charge in [0.05, 0.1) is 5.56 Å². The van der Waals surface area contributed by atoms with Gasteiger partial charge in [0.25, 0.3) is 5.91 Å². The van der Waals surface area contributed by atoms with E-state index >= 15 is 0 Å². The van der Waals surface area contributed by atoms with Gasteiger partial charge >= 0.3 is 0 Å². The summed E-state index contributed by atoms with van der Waals surface area (Å²) in [5, 5.41) is 0.723. The van der Waals surface area contributed by atoms with Crippen LogP contribution in [0, 0.1) is 6.92 Å². The highest BCUT2D eigenvalue weighted by Gasteiger charge is 2.14. The number of ether oxygens (including phenoxy) is 1. The molecule has 0 saturated heterocycles. The highest BCUT2D eigenvalue weighted by Crippen LogP contribution is 2.24. The normalized spacial score (nSPS) is 10.5. The van der Waals surface area contributed by atoms with Crippen LogP contribution in [-0.4, -0.2) is 5.91 Å². The highest BCUT2D eigenvalue weighted by atomic mass is 35.5. The number of hydrogen-bond donors (Lipinski definition) is 2. The number of nitrogens with two attached hydrogens (primary N) is 1. The lowest BCUT2D eigenvalue weighted by atomic mass is 10.1. The minimum Gasteiger partial charge on any atom is -0.486 e. The number of nitrogens with one attached hydrogen (secondary N) is 1. The van der Waals surface area contributed by atoms with Crippen LogP contribution in [0.2, 0.25) is 5.02 Å². The number of aryl methyl sites for hydroxylation is 2. The fourth-order valence-corrected chi connectivity index (χ4v) is 2.24. The predicted molar refractivity (Wildman–Crippen MR) is 80.3 cm³/mol. The molecule has 112 valence electrons. The molecule has 5 nitrogen and oxygen atoms in total. The van der Waals surface area contributed by atoms with E-state index in [1.807, 2.05) is 13.0 Å². The lowest BCUT2D eigenvalue weighted by Gasteiger charge is -2.07. The van der Waals surface area contributed by atoms with Gasteiger partial charge in [-0.3, -0.25) is 10.2 Å². The van der Waals surface area contributed by atoms with E-state index < -0.39 is 0 Å². The van der Waals surface area contributed by atoms with E-state index in [9.17, 15) is 4.79 Å². The molecule has 1 amide bonds. The lowest BCUT2D eigenvalue weighted by Crippen LogP contribution is -2.30. The topological polar surface area (TPSA) is 77.5 Å². The van der Waals surface area contributed by atoms with Crippen molar-refractivity contribution >= 4 is 17.5 Å². The summed E-state index contributed by atoms with van der Waals surface area (Å²) in [4.78, 5) is 11.5. The second kappa shape index (κ2) is 6.65. The van der Waals surface area contributed by atoms with Crippen molar-refractivity contribution in [1.29, 1.82) is 0 Å². The molecule has 0 unspecified atom stereocenters. The summed E-state index contributed by atoms with van der Waals surface area (Å²) in [6.45, 7) is 3.95. The third kappa shape index (κ3) is 3.56. The van der Waals surface area contributed by atoms with Crippen LogP contribution in [0.5, 0.6) is 5.75 Å². The van der Waals surface area contributed by atoms with Gasteiger partial charge in [0.15, 0.2) is 0 Å². The predicted octanol–water partition coefficient (Wildman–Crippen LogP) is 2.99. The summed E-state index contributed by atoms with van der Waals surface area (Å²) in [5.74, 6) is 6.48. The van der Waals surface area contributed by atoms with Gasteiger partial charge in [-0.25, -0.2) is 5.84 Å². The Hall–Kier alpha value is -1.98. The fourth-order valence-electron chi connectivity index (χ4n) is 1.98. The smallest absolute Gasteiger partial charge is 0.268 e. The van der Waals surface area contributed by atoms with Crippen molar-refractivity contribution in [2.75, 3.05) is 0 Å². The Morgan fingerprint density at radius 3 is 2.86 bits per heavy atom. The lowest BCUT2D eigenvalue weighted by molar-refractivity contribution is 0.0952. The molecule has 1 heterocycles. The highest BCUT2D eigenvalue weighted by molar-refractivity contribution is 6.31. The van der Waals surface area contributed by atoms with E-state index in [2.05, 4.69) is 5.43 Å². The summed E-state index contributed by atoms with van der Waals surface area (Å²) < 4.78 is 11.1. The Balaban J connectivity index is 2.08. The second-order valence-corrected chi connectivity index (χ2v) is 4.96. The molecule has 0 radical (unpaired) electrons. The molecular formula is C15H17ClN2O3. The Morgan fingerprint density at radius 2 is 2.19 bits per heavy atom. The Kier molecular flexibility index (Phi) is 4.88. The molecule has 6 heteroatoms. The van der Waals surface area contributed by atoms with Crippen LogP contribution >= 0.6 is 11.6 Å². The van der Waals surface area contributed by atoms with Crippen LogP contribution in [0.1, 0.15) is 34.4 Å². The zero-order valence-electron chi connectivity index (χ0n) is 11.9. The maximum absolute atomic E-state index is 11.5. The van der Waals surface area contributed by atoms with E-state index in [4.69, 9.17) is 26.6 Å². The minimum atomic E-state index is -0.387. The number of benzene rings is 1. The molecular weight excluding hydrogens is 292 g/mol. The maximum atomic E-state index is 11.5. The zero-order valence-corrected chi connectivity index (χ0v) is 12.7. The number of hydrogen-bond acceptors (Lipinski definition) is 4. The molecule has 0 aliphatic heterocycles. The number of furan rings is 1. The molecule has 2 rings (SSSR count). The molecule has 0 saturated carbocycles. The molecule has 1 aromatic heterocycles. The van der Waals surface area contributed by atoms with Crippen LogP contribution in [0.4, 0.5) is 0 Å². The van der Waals surface area contributed by atoms with Crippen molar-refractivity contribution < 1.29 is 13.9 Å². The fraction of sp³-hybridized carbons (Fsp3) is 0.267. The monoisotopic (exact) mass is 308 g/mol. The van der Waals surface area contributed by atoms with Crippen LogP contribution in [0.15, 0.2) is 28.7 Å². The number of halogens is 1. The van der Waals surface area contributed by atoms with E-state index in [0.717, 1.165) is 17.0 Å². The number of carbonyl (C=O) groups excluding carboxylic acids is 1. The van der Waals surface area contributed by atoms with Gasteiger partial charge in [0, 0.05) is 5.02 Å². The molecule has 0 aliphatic rings. The molecule has 2 aromatic rings. The SMILES string of the molecule is CCc1cc(OCc2cc(C(=O)NN)c(C)o2)ccc1Cl. The molecule has 0 atom stereocenters. The Bertz CT molecular complexity index is 652. The summed E-state index contributed by atoms with van der Waals surface area (Å²) in [6.07, 6.45) is 0.830. The minimum absolute atomic E-state index is 0.226. The number of carbonyl (C=O) groups is 1. The van der Waals surface area contributed by atoms with E-state index in [0.29, 0.717) is 22.8 Å². The van der Waals surface area contributed by atoms with Gasteiger partial charge < -0.3 is 9.15 Å². The third-order valence-electron chi connectivity index (χ3n) is 3.12. The van der Waals surface area contributed by atoms with Gasteiger partial charge in [0.2, 0.25) is 0 Å². The van der Waals surface area contributed by atoms with Crippen LogP contribution in [0.3, 0.4) is 0 Å². The molecule has 0 bridgehead atoms. The molecule has 1 aromatic carbocycles. The standard InChI is InChI=1S/C15H17ClN2O3/c1-3-10-6-11(4-5-14(10)16)20-8-12-7-13(9(2)21-12)15(19)18-17/h4-7H,3,8,17H2,1-2H3,(H,18,19). The summed E-state index contributed by atoms with van der Waals surface area (Å²) >= 11 is 6.06. The van der Waals surface area contributed by atoms with Gasteiger partial charge in [-0.1, -0.05) is 18.5 Å². The van der Waals surface area contributed by atoms with E-state index in [-0.39, 0.29) is 12.5 Å². The first-order valence-corrected chi connectivity index (χ1v) is 6.94. The maximum Gasteiger partial charge on any atom is 0.268 e. The molecule has 0 fully saturated rings. The summed E-state index contributed by atoms with van der Waals surface area (Å²) in [6, 6.07) is 7.11. The van der Waals surface area contributed by atoms with Crippen molar-refractivity contribution in [2.24, 2.45) is 5.84 Å². The Morgan fingerprint density at radius 1 is 1.43 bits per heavy atom. The number of hydrazine groups is 1. The first-order chi connectivity index (χ1) is 10.0. The summed E-state index contributed by atoms with van der Waals surface area (Å²) in [7, 11) is 0. The second-order valence-electron chi connectivity index (χ2n) is 4.55. The first-order valence-electron chi connectivity index (χ1n) is 6.56. The van der Waals surface area contributed by atoms with Crippen LogP contribution in [0.25, 0.3) is 0 Å². The molecule has 3 N–H and O–H groups in total. The number of amides is 1. The average molecular weight is 309 g/mol. The van der Waals surface area contributed by atoms with Gasteiger partial charge in [0.1, 0.15) is 23.9 Å². The van der Waals surface area contributed by atoms with Crippen molar-refractivity contribution in [1.82, 2.24) is 5.43 Å². The van der Waals surface area contributed by atoms with Gasteiger partial charge in [-0.05, 0) is 43.2 Å². The molecule has 0 aliphatic carbocycles. The van der Waals surface area contributed by atoms with E-state index in [1.54, 1.807) is 25.1 Å². The number of rotatable bonds is 5. The third-order valence-corrected chi connectivity index (χ3v) is 3.49.